The number of hydrogen-bond donors (Lipinski definition) is 1. The molecule has 1 unspecified atom stereocenters. The predicted molar refractivity (Wildman–Crippen MR) is 54.1 cm³/mol. The van der Waals surface area contributed by atoms with E-state index in [0.29, 0.717) is 19.6 Å². The van der Waals surface area contributed by atoms with Gasteiger partial charge in [0.05, 0.1) is 6.61 Å². The molecule has 0 aromatic heterocycles. The van der Waals surface area contributed by atoms with E-state index in [1.165, 1.54) is 0 Å². The number of ether oxygens (including phenoxy) is 3. The van der Waals surface area contributed by atoms with Gasteiger partial charge in [0.15, 0.2) is 12.2 Å². The van der Waals surface area contributed by atoms with E-state index in [0.717, 1.165) is 0 Å². The summed E-state index contributed by atoms with van der Waals surface area (Å²) in [6.45, 7) is 2.39. The number of aliphatic hydroxyl groups excluding tert-OH is 1. The molecule has 0 aromatic carbocycles. The summed E-state index contributed by atoms with van der Waals surface area (Å²) in [5.41, 5.74) is 0. The smallest absolute Gasteiger partial charge is 0.338 e. The van der Waals surface area contributed by atoms with Crippen molar-refractivity contribution in [2.45, 2.75) is 12.2 Å². The maximum absolute atomic E-state index is 11.6. The van der Waals surface area contributed by atoms with Crippen LogP contribution in [-0.2, 0) is 23.8 Å². The number of esters is 2. The van der Waals surface area contributed by atoms with Gasteiger partial charge < -0.3 is 19.3 Å². The lowest BCUT2D eigenvalue weighted by Crippen LogP contribution is -2.45. The highest BCUT2D eigenvalue weighted by molar-refractivity contribution is 5.85. The Morgan fingerprint density at radius 1 is 1.00 bits per heavy atom. The molecule has 2 saturated heterocycles. The highest BCUT2D eigenvalue weighted by Crippen LogP contribution is 2.09. The molecule has 2 rings (SSSR count). The fourth-order valence-electron chi connectivity index (χ4n) is 1.77. The molecule has 0 aromatic rings. The van der Waals surface area contributed by atoms with E-state index in [1.54, 1.807) is 0 Å². The number of carbonyl (C=O) groups excluding carboxylic acids is 2. The molecule has 96 valence electrons. The molecule has 2 aliphatic heterocycles. The van der Waals surface area contributed by atoms with Crippen molar-refractivity contribution in [2.24, 2.45) is 0 Å². The van der Waals surface area contributed by atoms with Crippen molar-refractivity contribution in [3.8, 4) is 0 Å². The lowest BCUT2D eigenvalue weighted by Gasteiger charge is -2.23. The molecule has 3 atom stereocenters. The highest BCUT2D eigenvalue weighted by atomic mass is 16.6. The number of fused-ring (bicyclic) bond motifs is 4. The van der Waals surface area contributed by atoms with Gasteiger partial charge in [-0.25, -0.2) is 9.59 Å². The summed E-state index contributed by atoms with van der Waals surface area (Å²) in [7, 11) is 0. The second-order valence-electron chi connectivity index (χ2n) is 3.91. The van der Waals surface area contributed by atoms with E-state index in [4.69, 9.17) is 14.2 Å². The molecular formula is C10H15NO6. The SMILES string of the molecule is O=C1OCCN2CCOC(=O)[C@H](O)[C@@H]1OCC2. The highest BCUT2D eigenvalue weighted by Gasteiger charge is 2.37. The summed E-state index contributed by atoms with van der Waals surface area (Å²) >= 11 is 0. The van der Waals surface area contributed by atoms with E-state index in [2.05, 4.69) is 0 Å². The maximum Gasteiger partial charge on any atom is 0.338 e. The van der Waals surface area contributed by atoms with Gasteiger partial charge in [-0.2, -0.15) is 0 Å². The van der Waals surface area contributed by atoms with Crippen LogP contribution in [0.25, 0.3) is 0 Å². The van der Waals surface area contributed by atoms with Gasteiger partial charge in [0.1, 0.15) is 13.2 Å². The van der Waals surface area contributed by atoms with Crippen molar-refractivity contribution in [1.82, 2.24) is 4.90 Å². The molecule has 7 nitrogen and oxygen atoms in total. The average Bonchev–Trinajstić information content (AvgIpc) is 2.38. The van der Waals surface area contributed by atoms with Crippen molar-refractivity contribution in [2.75, 3.05) is 39.5 Å². The second kappa shape index (κ2) is 5.44. The third-order valence-corrected chi connectivity index (χ3v) is 2.77. The van der Waals surface area contributed by atoms with Crippen LogP contribution in [0.3, 0.4) is 0 Å². The Bertz CT molecular complexity index is 307. The van der Waals surface area contributed by atoms with E-state index in [1.807, 2.05) is 4.90 Å². The van der Waals surface area contributed by atoms with Gasteiger partial charge in [0.2, 0.25) is 0 Å². The van der Waals surface area contributed by atoms with Crippen LogP contribution >= 0.6 is 0 Å². The molecular weight excluding hydrogens is 230 g/mol. The average molecular weight is 245 g/mol. The Hall–Kier alpha value is -1.18. The third-order valence-electron chi connectivity index (χ3n) is 2.77. The number of carbonyl (C=O) groups is 2. The van der Waals surface area contributed by atoms with Crippen molar-refractivity contribution < 1.29 is 28.9 Å². The summed E-state index contributed by atoms with van der Waals surface area (Å²) < 4.78 is 15.0. The third kappa shape index (κ3) is 2.93. The van der Waals surface area contributed by atoms with Crippen molar-refractivity contribution in [1.29, 1.82) is 0 Å². The fraction of sp³-hybridized carbons (Fsp3) is 0.800. The summed E-state index contributed by atoms with van der Waals surface area (Å²) in [5.74, 6) is -1.58. The van der Waals surface area contributed by atoms with Gasteiger partial charge in [0.25, 0.3) is 0 Å². The normalized spacial score (nSPS) is 35.5. The van der Waals surface area contributed by atoms with Crippen LogP contribution in [-0.4, -0.2) is 73.6 Å². The van der Waals surface area contributed by atoms with Crippen molar-refractivity contribution >= 4 is 11.9 Å². The first kappa shape index (κ1) is 12.3. The van der Waals surface area contributed by atoms with Gasteiger partial charge >= 0.3 is 11.9 Å². The minimum absolute atomic E-state index is 0.191. The summed E-state index contributed by atoms with van der Waals surface area (Å²) in [4.78, 5) is 25.0. The first-order valence-electron chi connectivity index (χ1n) is 5.54. The lowest BCUT2D eigenvalue weighted by atomic mass is 10.2. The quantitative estimate of drug-likeness (QED) is 0.501. The van der Waals surface area contributed by atoms with Gasteiger partial charge in [-0.15, -0.1) is 0 Å². The molecule has 17 heavy (non-hydrogen) atoms. The van der Waals surface area contributed by atoms with E-state index >= 15 is 0 Å². The van der Waals surface area contributed by atoms with Crippen LogP contribution in [0.2, 0.25) is 0 Å². The zero-order valence-electron chi connectivity index (χ0n) is 9.33. The van der Waals surface area contributed by atoms with E-state index < -0.39 is 24.1 Å². The molecule has 0 saturated carbocycles. The van der Waals surface area contributed by atoms with Gasteiger partial charge in [-0.05, 0) is 0 Å². The predicted octanol–water partition coefficient (Wildman–Crippen LogP) is -1.85. The number of hydrogen-bond acceptors (Lipinski definition) is 7. The Balaban J connectivity index is 2.18. The number of rotatable bonds is 0. The molecule has 1 N–H and O–H groups in total. The molecule has 2 aliphatic rings. The zero-order chi connectivity index (χ0) is 12.3. The molecule has 2 bridgehead atoms. The Morgan fingerprint density at radius 2 is 1.59 bits per heavy atom. The molecule has 2 heterocycles. The van der Waals surface area contributed by atoms with Gasteiger partial charge in [0, 0.05) is 19.6 Å². The van der Waals surface area contributed by atoms with E-state index in [9.17, 15) is 14.7 Å². The van der Waals surface area contributed by atoms with Crippen LogP contribution in [0.15, 0.2) is 0 Å². The molecule has 2 fully saturated rings. The fourth-order valence-corrected chi connectivity index (χ4v) is 1.77. The maximum atomic E-state index is 11.6. The topological polar surface area (TPSA) is 85.3 Å². The monoisotopic (exact) mass is 245 g/mol. The lowest BCUT2D eigenvalue weighted by molar-refractivity contribution is -0.177. The minimum atomic E-state index is -1.62. The Labute approximate surface area is 98.2 Å². The van der Waals surface area contributed by atoms with Crippen molar-refractivity contribution in [3.05, 3.63) is 0 Å². The van der Waals surface area contributed by atoms with Crippen LogP contribution in [0, 0.1) is 0 Å². The standard InChI is InChI=1S/C10H15NO6/c12-7-8-10(14)17-6-3-11(1-4-15-8)2-5-16-9(7)13/h7-8,12H,1-6H2/t7-,8+/m1/s1. The van der Waals surface area contributed by atoms with Crippen LogP contribution in [0.4, 0.5) is 0 Å². The molecule has 0 radical (unpaired) electrons. The Morgan fingerprint density at radius 3 is 2.29 bits per heavy atom. The first-order chi connectivity index (χ1) is 8.18. The molecule has 0 aliphatic carbocycles. The molecule has 0 spiro atoms. The van der Waals surface area contributed by atoms with Gasteiger partial charge in [-0.1, -0.05) is 0 Å². The summed E-state index contributed by atoms with van der Waals surface area (Å²) in [5, 5.41) is 9.66. The Kier molecular flexibility index (Phi) is 3.93. The second-order valence-corrected chi connectivity index (χ2v) is 3.91. The summed E-state index contributed by atoms with van der Waals surface area (Å²) in [6, 6.07) is 0. The molecule has 7 heteroatoms. The van der Waals surface area contributed by atoms with Crippen LogP contribution in [0.1, 0.15) is 0 Å². The molecule has 0 amide bonds. The number of aliphatic hydroxyl groups is 1. The first-order valence-corrected chi connectivity index (χ1v) is 5.54. The largest absolute Gasteiger partial charge is 0.462 e. The number of nitrogens with zero attached hydrogens (tertiary/aromatic N) is 1. The zero-order valence-corrected chi connectivity index (χ0v) is 9.33. The van der Waals surface area contributed by atoms with Crippen LogP contribution < -0.4 is 0 Å². The van der Waals surface area contributed by atoms with E-state index in [-0.39, 0.29) is 19.8 Å². The van der Waals surface area contributed by atoms with Gasteiger partial charge in [-0.3, -0.25) is 4.90 Å². The summed E-state index contributed by atoms with van der Waals surface area (Å²) in [6.07, 6.45) is -2.91. The minimum Gasteiger partial charge on any atom is -0.462 e. The van der Waals surface area contributed by atoms with Crippen molar-refractivity contribution in [3.63, 3.8) is 0 Å². The van der Waals surface area contributed by atoms with Crippen LogP contribution in [0.5, 0.6) is 0 Å². The number of cyclic esters (lactones) is 2.